The van der Waals surface area contributed by atoms with Crippen LogP contribution in [0.15, 0.2) is 6.20 Å². The van der Waals surface area contributed by atoms with Crippen molar-refractivity contribution < 1.29 is 9.59 Å². The Morgan fingerprint density at radius 1 is 1.31 bits per heavy atom. The van der Waals surface area contributed by atoms with E-state index < -0.39 is 0 Å². The molecular weight excluding hydrogens is 330 g/mol. The summed E-state index contributed by atoms with van der Waals surface area (Å²) in [5.41, 5.74) is 1.18. The number of hydrogen-bond donors (Lipinski definition) is 1. The first kappa shape index (κ1) is 18.8. The fraction of sp³-hybridized carbons (Fsp3) is 0.684. The third-order valence-electron chi connectivity index (χ3n) is 5.76. The van der Waals surface area contributed by atoms with Crippen molar-refractivity contribution in [1.82, 2.24) is 25.1 Å². The highest BCUT2D eigenvalue weighted by Crippen LogP contribution is 2.31. The summed E-state index contributed by atoms with van der Waals surface area (Å²) in [6, 6.07) is 0. The van der Waals surface area contributed by atoms with Crippen molar-refractivity contribution in [2.24, 2.45) is 0 Å². The van der Waals surface area contributed by atoms with E-state index in [1.807, 2.05) is 25.7 Å². The quantitative estimate of drug-likeness (QED) is 0.862. The number of piperazine rings is 1. The summed E-state index contributed by atoms with van der Waals surface area (Å²) in [5.74, 6) is 1.10. The smallest absolute Gasteiger partial charge is 0.257 e. The minimum absolute atomic E-state index is 0.00573. The van der Waals surface area contributed by atoms with Crippen LogP contribution in [0.1, 0.15) is 60.9 Å². The summed E-state index contributed by atoms with van der Waals surface area (Å²) in [7, 11) is 2.10. The Balaban J connectivity index is 1.81. The fourth-order valence-electron chi connectivity index (χ4n) is 3.91. The van der Waals surface area contributed by atoms with Gasteiger partial charge in [-0.25, -0.2) is 9.97 Å². The van der Waals surface area contributed by atoms with Gasteiger partial charge in [0.2, 0.25) is 5.91 Å². The zero-order chi connectivity index (χ0) is 18.9. The topological polar surface area (TPSA) is 78.4 Å². The molecule has 1 N–H and O–H groups in total. The molecule has 3 heterocycles. The van der Waals surface area contributed by atoms with Crippen LogP contribution in [-0.2, 0) is 4.79 Å². The maximum absolute atomic E-state index is 13.1. The summed E-state index contributed by atoms with van der Waals surface area (Å²) in [6.45, 7) is 8.76. The highest BCUT2D eigenvalue weighted by molar-refractivity contribution is 5.95. The predicted molar refractivity (Wildman–Crippen MR) is 99.0 cm³/mol. The Bertz CT molecular complexity index is 705. The third kappa shape index (κ3) is 3.58. The monoisotopic (exact) mass is 359 g/mol. The number of hydrogen-bond acceptors (Lipinski definition) is 5. The molecule has 0 radical (unpaired) electrons. The van der Waals surface area contributed by atoms with E-state index in [9.17, 15) is 9.59 Å². The number of rotatable bonds is 2. The van der Waals surface area contributed by atoms with Crippen molar-refractivity contribution in [1.29, 1.82) is 0 Å². The van der Waals surface area contributed by atoms with Gasteiger partial charge < -0.3 is 10.2 Å². The predicted octanol–water partition coefficient (Wildman–Crippen LogP) is 1.33. The summed E-state index contributed by atoms with van der Waals surface area (Å²) in [5, 5.41) is 2.95. The van der Waals surface area contributed by atoms with E-state index in [4.69, 9.17) is 0 Å². The average molecular weight is 359 g/mol. The van der Waals surface area contributed by atoms with Gasteiger partial charge in [-0.15, -0.1) is 0 Å². The molecule has 1 aromatic rings. The lowest BCUT2D eigenvalue weighted by molar-refractivity contribution is -0.121. The normalized spacial score (nSPS) is 24.7. The molecular formula is C19H29N5O2. The van der Waals surface area contributed by atoms with Crippen molar-refractivity contribution in [2.45, 2.75) is 51.5 Å². The molecule has 3 rings (SSSR count). The van der Waals surface area contributed by atoms with E-state index in [0.717, 1.165) is 30.9 Å². The van der Waals surface area contributed by atoms with Gasteiger partial charge in [-0.1, -0.05) is 13.8 Å². The minimum Gasteiger partial charge on any atom is -0.356 e. The summed E-state index contributed by atoms with van der Waals surface area (Å²) in [4.78, 5) is 38.0. The second-order valence-corrected chi connectivity index (χ2v) is 7.85. The average Bonchev–Trinajstić information content (AvgIpc) is 2.79. The summed E-state index contributed by atoms with van der Waals surface area (Å²) >= 11 is 0. The van der Waals surface area contributed by atoms with Crippen LogP contribution < -0.4 is 5.32 Å². The van der Waals surface area contributed by atoms with E-state index in [0.29, 0.717) is 31.6 Å². The Labute approximate surface area is 155 Å². The second-order valence-electron chi connectivity index (χ2n) is 7.85. The Hall–Kier alpha value is -2.02. The van der Waals surface area contributed by atoms with E-state index in [-0.39, 0.29) is 23.3 Å². The molecule has 1 atom stereocenters. The van der Waals surface area contributed by atoms with Crippen molar-refractivity contribution in [3.8, 4) is 0 Å². The number of carbonyl (C=O) groups is 2. The van der Waals surface area contributed by atoms with Gasteiger partial charge in [-0.3, -0.25) is 14.5 Å². The molecule has 2 saturated heterocycles. The summed E-state index contributed by atoms with van der Waals surface area (Å²) < 4.78 is 0. The number of nitrogens with one attached hydrogen (secondary N) is 1. The number of nitrogens with zero attached hydrogens (tertiary/aromatic N) is 4. The molecule has 0 aliphatic carbocycles. The zero-order valence-electron chi connectivity index (χ0n) is 16.2. The lowest BCUT2D eigenvalue weighted by Gasteiger charge is -2.49. The van der Waals surface area contributed by atoms with Crippen LogP contribution in [0, 0.1) is 6.92 Å². The van der Waals surface area contributed by atoms with Gasteiger partial charge in [0.05, 0.1) is 11.3 Å². The fourth-order valence-corrected chi connectivity index (χ4v) is 3.91. The molecule has 0 saturated carbocycles. The molecule has 2 aliphatic rings. The SMILES string of the molecule is Cc1nc(C(C)C)ncc1C(=O)N1CCN(C)[C@]2(CCNC(=O)CC2)C1. The van der Waals surface area contributed by atoms with Gasteiger partial charge in [0.15, 0.2) is 0 Å². The maximum atomic E-state index is 13.1. The molecule has 7 nitrogen and oxygen atoms in total. The van der Waals surface area contributed by atoms with Gasteiger partial charge in [-0.05, 0) is 26.8 Å². The highest BCUT2D eigenvalue weighted by Gasteiger charge is 2.42. The number of likely N-dealkylation sites (N-methyl/N-ethyl adjacent to an activating group) is 1. The Morgan fingerprint density at radius 3 is 2.77 bits per heavy atom. The first-order valence-corrected chi connectivity index (χ1v) is 9.43. The minimum atomic E-state index is -0.139. The van der Waals surface area contributed by atoms with Crippen molar-refractivity contribution in [2.75, 3.05) is 33.2 Å². The summed E-state index contributed by atoms with van der Waals surface area (Å²) in [6.07, 6.45) is 3.82. The first-order chi connectivity index (χ1) is 12.3. The van der Waals surface area contributed by atoms with Gasteiger partial charge in [0, 0.05) is 50.3 Å². The third-order valence-corrected chi connectivity index (χ3v) is 5.76. The maximum Gasteiger partial charge on any atom is 0.257 e. The lowest BCUT2D eigenvalue weighted by Crippen LogP contribution is -2.62. The van der Waals surface area contributed by atoms with E-state index in [1.54, 1.807) is 6.20 Å². The van der Waals surface area contributed by atoms with E-state index in [1.165, 1.54) is 0 Å². The van der Waals surface area contributed by atoms with Crippen LogP contribution in [-0.4, -0.2) is 70.3 Å². The van der Waals surface area contributed by atoms with E-state index in [2.05, 4.69) is 27.2 Å². The van der Waals surface area contributed by atoms with Crippen molar-refractivity contribution in [3.63, 3.8) is 0 Å². The molecule has 26 heavy (non-hydrogen) atoms. The first-order valence-electron chi connectivity index (χ1n) is 9.43. The van der Waals surface area contributed by atoms with Gasteiger partial charge in [0.1, 0.15) is 5.82 Å². The van der Waals surface area contributed by atoms with Gasteiger partial charge >= 0.3 is 0 Å². The lowest BCUT2D eigenvalue weighted by atomic mass is 9.86. The molecule has 1 spiro atoms. The number of aromatic nitrogens is 2. The molecule has 142 valence electrons. The van der Waals surface area contributed by atoms with Crippen LogP contribution in [0.3, 0.4) is 0 Å². The number of amides is 2. The second kappa shape index (κ2) is 7.31. The van der Waals surface area contributed by atoms with Crippen molar-refractivity contribution in [3.05, 3.63) is 23.3 Å². The highest BCUT2D eigenvalue weighted by atomic mass is 16.2. The number of carbonyl (C=O) groups excluding carboxylic acids is 2. The van der Waals surface area contributed by atoms with Gasteiger partial charge in [0.25, 0.3) is 5.91 Å². The van der Waals surface area contributed by atoms with Crippen LogP contribution in [0.2, 0.25) is 0 Å². The zero-order valence-corrected chi connectivity index (χ0v) is 16.2. The van der Waals surface area contributed by atoms with E-state index >= 15 is 0 Å². The largest absolute Gasteiger partial charge is 0.356 e. The number of aryl methyl sites for hydroxylation is 1. The molecule has 0 bridgehead atoms. The molecule has 2 fully saturated rings. The molecule has 0 aromatic carbocycles. The Morgan fingerprint density at radius 2 is 2.08 bits per heavy atom. The Kier molecular flexibility index (Phi) is 5.27. The molecule has 0 unspecified atom stereocenters. The standard InChI is InChI=1S/C19H29N5O2/c1-13(2)17-21-11-15(14(3)22-17)18(26)24-10-9-23(4)19(12-24)6-5-16(25)20-8-7-19/h11,13H,5-10,12H2,1-4H3,(H,20,25)/t19-/m1/s1. The van der Waals surface area contributed by atoms with Gasteiger partial charge in [-0.2, -0.15) is 0 Å². The van der Waals surface area contributed by atoms with Crippen LogP contribution in [0.4, 0.5) is 0 Å². The molecule has 2 amide bonds. The van der Waals surface area contributed by atoms with Crippen LogP contribution in [0.25, 0.3) is 0 Å². The molecule has 1 aromatic heterocycles. The van der Waals surface area contributed by atoms with Crippen molar-refractivity contribution >= 4 is 11.8 Å². The van der Waals surface area contributed by atoms with Crippen LogP contribution >= 0.6 is 0 Å². The molecule has 2 aliphatic heterocycles. The van der Waals surface area contributed by atoms with Crippen LogP contribution in [0.5, 0.6) is 0 Å². The molecule has 7 heteroatoms.